The summed E-state index contributed by atoms with van der Waals surface area (Å²) in [6.07, 6.45) is 3.44. The van der Waals surface area contributed by atoms with E-state index in [4.69, 9.17) is 26.4 Å². The molecule has 0 aliphatic carbocycles. The molecule has 1 aromatic heterocycles. The second-order valence-electron chi connectivity index (χ2n) is 5.86. The van der Waals surface area contributed by atoms with Crippen molar-refractivity contribution < 1.29 is 19.0 Å². The number of carbonyl (C=O) groups is 1. The minimum Gasteiger partial charge on any atom is -0.493 e. The predicted molar refractivity (Wildman–Crippen MR) is 105 cm³/mol. The maximum absolute atomic E-state index is 12.9. The minimum absolute atomic E-state index is 0.259. The van der Waals surface area contributed by atoms with E-state index in [1.54, 1.807) is 36.1 Å². The summed E-state index contributed by atoms with van der Waals surface area (Å²) in [5.41, 5.74) is 2.41. The van der Waals surface area contributed by atoms with Crippen LogP contribution in [0.1, 0.15) is 11.3 Å². The number of hydrogen-bond donors (Lipinski definition) is 1. The van der Waals surface area contributed by atoms with Gasteiger partial charge in [-0.05, 0) is 42.9 Å². The molecule has 1 amide bonds. The summed E-state index contributed by atoms with van der Waals surface area (Å²) in [7, 11) is 6.40. The van der Waals surface area contributed by atoms with Crippen LogP contribution in [-0.4, -0.2) is 42.1 Å². The van der Waals surface area contributed by atoms with Crippen LogP contribution in [0.4, 0.5) is 5.69 Å². The van der Waals surface area contributed by atoms with Crippen molar-refractivity contribution in [1.82, 2.24) is 15.1 Å². The Hall–Kier alpha value is -3.07. The molecular weight excluding hydrogens is 368 g/mol. The number of benzene rings is 1. The molecular formula is C18H20N4O4S. The zero-order valence-electron chi connectivity index (χ0n) is 15.7. The zero-order valence-corrected chi connectivity index (χ0v) is 16.5. The fourth-order valence-electron chi connectivity index (χ4n) is 2.91. The molecule has 0 spiro atoms. The molecule has 1 N–H and O–H groups in total. The smallest absolute Gasteiger partial charge is 0.281 e. The van der Waals surface area contributed by atoms with Gasteiger partial charge in [-0.25, -0.2) is 4.90 Å². The van der Waals surface area contributed by atoms with E-state index in [1.165, 1.54) is 26.2 Å². The van der Waals surface area contributed by atoms with E-state index in [0.29, 0.717) is 45.0 Å². The highest BCUT2D eigenvalue weighted by Crippen LogP contribution is 2.39. The van der Waals surface area contributed by atoms with Gasteiger partial charge in [-0.2, -0.15) is 5.10 Å². The monoisotopic (exact) mass is 388 g/mol. The van der Waals surface area contributed by atoms with E-state index < -0.39 is 0 Å². The van der Waals surface area contributed by atoms with Crippen LogP contribution in [0.15, 0.2) is 24.0 Å². The van der Waals surface area contributed by atoms with Gasteiger partial charge in [0, 0.05) is 13.2 Å². The van der Waals surface area contributed by atoms with Crippen LogP contribution in [0.5, 0.6) is 17.2 Å². The Labute approximate surface area is 162 Å². The van der Waals surface area contributed by atoms with Gasteiger partial charge in [0.15, 0.2) is 16.6 Å². The summed E-state index contributed by atoms with van der Waals surface area (Å²) in [6, 6.07) is 3.51. The number of hydrogen-bond acceptors (Lipinski definition) is 6. The molecule has 0 atom stereocenters. The van der Waals surface area contributed by atoms with Crippen LogP contribution in [0.3, 0.4) is 0 Å². The average Bonchev–Trinajstić information content (AvgIpc) is 3.11. The number of methoxy groups -OCH3 is 3. The van der Waals surface area contributed by atoms with Crippen LogP contribution in [0.2, 0.25) is 0 Å². The van der Waals surface area contributed by atoms with Gasteiger partial charge in [-0.3, -0.25) is 9.48 Å². The van der Waals surface area contributed by atoms with Gasteiger partial charge in [-0.15, -0.1) is 0 Å². The molecule has 1 saturated heterocycles. The summed E-state index contributed by atoms with van der Waals surface area (Å²) in [4.78, 5) is 14.3. The van der Waals surface area contributed by atoms with E-state index in [9.17, 15) is 4.79 Å². The molecule has 0 bridgehead atoms. The maximum Gasteiger partial charge on any atom is 0.281 e. The van der Waals surface area contributed by atoms with Gasteiger partial charge in [0.2, 0.25) is 5.75 Å². The lowest BCUT2D eigenvalue weighted by molar-refractivity contribution is -0.113. The van der Waals surface area contributed by atoms with E-state index in [-0.39, 0.29) is 5.91 Å². The number of anilines is 1. The fourth-order valence-corrected chi connectivity index (χ4v) is 3.20. The molecule has 0 saturated carbocycles. The standard InChI is InChI=1S/C18H20N4O4S/c1-10-13(9-21(2)20-10)22-17(23)12(19-18(22)27)6-11-7-14(24-3)16(26-5)15(8-11)25-4/h6-9H,1-5H3,(H,19,27)/b12-6+. The molecule has 1 fully saturated rings. The van der Waals surface area contributed by atoms with Crippen molar-refractivity contribution in [3.8, 4) is 17.2 Å². The molecule has 2 aromatic rings. The first kappa shape index (κ1) is 18.7. The van der Waals surface area contributed by atoms with Crippen molar-refractivity contribution in [2.45, 2.75) is 6.92 Å². The molecule has 1 aliphatic heterocycles. The number of nitrogens with one attached hydrogen (secondary N) is 1. The Morgan fingerprint density at radius 3 is 2.26 bits per heavy atom. The third kappa shape index (κ3) is 3.33. The Balaban J connectivity index is 2.00. The van der Waals surface area contributed by atoms with Crippen LogP contribution < -0.4 is 24.4 Å². The van der Waals surface area contributed by atoms with Crippen LogP contribution in [-0.2, 0) is 11.8 Å². The lowest BCUT2D eigenvalue weighted by Crippen LogP contribution is -2.30. The third-order valence-corrected chi connectivity index (χ3v) is 4.39. The Kier molecular flexibility index (Phi) is 5.04. The van der Waals surface area contributed by atoms with Gasteiger partial charge in [0.1, 0.15) is 5.70 Å². The maximum atomic E-state index is 12.9. The molecule has 3 rings (SSSR count). The first-order valence-electron chi connectivity index (χ1n) is 8.07. The highest BCUT2D eigenvalue weighted by atomic mass is 32.1. The highest BCUT2D eigenvalue weighted by Gasteiger charge is 2.34. The Morgan fingerprint density at radius 2 is 1.78 bits per heavy atom. The van der Waals surface area contributed by atoms with Crippen molar-refractivity contribution in [3.63, 3.8) is 0 Å². The SMILES string of the molecule is COc1cc(/C=C2/NC(=S)N(c3cn(C)nc3C)C2=O)cc(OC)c1OC. The van der Waals surface area contributed by atoms with Gasteiger partial charge in [0.05, 0.1) is 32.7 Å². The van der Waals surface area contributed by atoms with Crippen molar-refractivity contribution in [2.24, 2.45) is 7.05 Å². The molecule has 0 radical (unpaired) electrons. The van der Waals surface area contributed by atoms with Crippen molar-refractivity contribution >= 4 is 35.0 Å². The topological polar surface area (TPSA) is 77.9 Å². The van der Waals surface area contributed by atoms with Crippen molar-refractivity contribution in [2.75, 3.05) is 26.2 Å². The second kappa shape index (κ2) is 7.28. The lowest BCUT2D eigenvalue weighted by atomic mass is 10.1. The number of ether oxygens (including phenoxy) is 3. The number of aryl methyl sites for hydroxylation is 2. The van der Waals surface area contributed by atoms with Crippen LogP contribution >= 0.6 is 12.2 Å². The summed E-state index contributed by atoms with van der Waals surface area (Å²) in [6.45, 7) is 1.83. The minimum atomic E-state index is -0.259. The Bertz CT molecular complexity index is 926. The zero-order chi connectivity index (χ0) is 19.7. The van der Waals surface area contributed by atoms with Gasteiger partial charge >= 0.3 is 0 Å². The highest BCUT2D eigenvalue weighted by molar-refractivity contribution is 7.80. The number of nitrogens with zero attached hydrogens (tertiary/aromatic N) is 3. The summed E-state index contributed by atoms with van der Waals surface area (Å²) in [5, 5.41) is 7.53. The van der Waals surface area contributed by atoms with Crippen LogP contribution in [0, 0.1) is 6.92 Å². The van der Waals surface area contributed by atoms with E-state index >= 15 is 0 Å². The van der Waals surface area contributed by atoms with Gasteiger partial charge < -0.3 is 19.5 Å². The molecule has 1 aromatic carbocycles. The molecule has 142 valence electrons. The Morgan fingerprint density at radius 1 is 1.15 bits per heavy atom. The predicted octanol–water partition coefficient (Wildman–Crippen LogP) is 2.02. The molecule has 9 heteroatoms. The number of aromatic nitrogens is 2. The first-order chi connectivity index (χ1) is 12.9. The normalized spacial score (nSPS) is 15.3. The van der Waals surface area contributed by atoms with Gasteiger partial charge in [-0.1, -0.05) is 0 Å². The van der Waals surface area contributed by atoms with Gasteiger partial charge in [0.25, 0.3) is 5.91 Å². The van der Waals surface area contributed by atoms with Crippen molar-refractivity contribution in [1.29, 1.82) is 0 Å². The molecule has 27 heavy (non-hydrogen) atoms. The van der Waals surface area contributed by atoms with Crippen LogP contribution in [0.25, 0.3) is 6.08 Å². The third-order valence-electron chi connectivity index (χ3n) is 4.10. The quantitative estimate of drug-likeness (QED) is 0.620. The molecule has 2 heterocycles. The molecule has 8 nitrogen and oxygen atoms in total. The number of thiocarbonyl (C=S) groups is 1. The molecule has 1 aliphatic rings. The average molecular weight is 388 g/mol. The summed E-state index contributed by atoms with van der Waals surface area (Å²) in [5.74, 6) is 1.22. The van der Waals surface area contributed by atoms with Crippen molar-refractivity contribution in [3.05, 3.63) is 35.3 Å². The van der Waals surface area contributed by atoms with E-state index in [0.717, 1.165) is 0 Å². The fraction of sp³-hybridized carbons (Fsp3) is 0.278. The van der Waals surface area contributed by atoms with E-state index in [2.05, 4.69) is 10.4 Å². The number of rotatable bonds is 5. The van der Waals surface area contributed by atoms with E-state index in [1.807, 2.05) is 6.92 Å². The summed E-state index contributed by atoms with van der Waals surface area (Å²) >= 11 is 5.35. The lowest BCUT2D eigenvalue weighted by Gasteiger charge is -2.13. The largest absolute Gasteiger partial charge is 0.493 e. The second-order valence-corrected chi connectivity index (χ2v) is 6.25. The molecule has 0 unspecified atom stereocenters. The first-order valence-corrected chi connectivity index (χ1v) is 8.47. The number of carbonyl (C=O) groups excluding carboxylic acids is 1. The summed E-state index contributed by atoms with van der Waals surface area (Å²) < 4.78 is 17.7. The number of amides is 1.